The maximum atomic E-state index is 13.7. The highest BCUT2D eigenvalue weighted by Crippen LogP contribution is 2.44. The number of anilines is 2. The van der Waals surface area contributed by atoms with Gasteiger partial charge < -0.3 is 15.3 Å². The molecule has 220 valence electrons. The number of hydrogen-bond acceptors (Lipinski definition) is 6. The van der Waals surface area contributed by atoms with E-state index in [0.29, 0.717) is 41.1 Å². The van der Waals surface area contributed by atoms with Crippen LogP contribution in [0, 0.1) is 17.8 Å². The van der Waals surface area contributed by atoms with Gasteiger partial charge in [0.1, 0.15) is 5.76 Å². The van der Waals surface area contributed by atoms with Crippen LogP contribution < -0.4 is 10.2 Å². The van der Waals surface area contributed by atoms with Gasteiger partial charge in [-0.05, 0) is 82.4 Å². The van der Waals surface area contributed by atoms with Crippen LogP contribution in [0.25, 0.3) is 5.57 Å². The van der Waals surface area contributed by atoms with Gasteiger partial charge in [-0.25, -0.2) is 5.01 Å². The lowest BCUT2D eigenvalue weighted by Gasteiger charge is -2.38. The molecule has 2 N–H and O–H groups in total. The first-order valence-electron chi connectivity index (χ1n) is 15.5. The Morgan fingerprint density at radius 1 is 1.00 bits per heavy atom. The fraction of sp³-hybridized carbons (Fsp3) is 0.576. The number of nitrogens with one attached hydrogen (secondary N) is 1. The average molecular weight is 561 g/mol. The van der Waals surface area contributed by atoms with Crippen molar-refractivity contribution in [2.24, 2.45) is 22.9 Å². The first-order chi connectivity index (χ1) is 19.7. The van der Waals surface area contributed by atoms with Crippen LogP contribution in [-0.2, 0) is 14.4 Å². The van der Waals surface area contributed by atoms with E-state index in [2.05, 4.69) is 43.0 Å². The molecule has 2 atom stereocenters. The number of amides is 2. The van der Waals surface area contributed by atoms with Crippen LogP contribution in [0.2, 0.25) is 0 Å². The average Bonchev–Trinajstić information content (AvgIpc) is 3.54. The van der Waals surface area contributed by atoms with E-state index >= 15 is 0 Å². The van der Waals surface area contributed by atoms with E-state index in [0.717, 1.165) is 63.7 Å². The third-order valence-electron chi connectivity index (χ3n) is 9.61. The minimum Gasteiger partial charge on any atom is -0.506 e. The number of aliphatic hydroxyl groups excluding tert-OH is 1. The molecule has 5 rings (SSSR count). The highest BCUT2D eigenvalue weighted by atomic mass is 16.3. The van der Waals surface area contributed by atoms with E-state index in [4.69, 9.17) is 0 Å². The molecule has 2 amide bonds. The number of allylic oxidation sites excluding steroid dienone is 2. The second-order valence-corrected chi connectivity index (χ2v) is 12.3. The van der Waals surface area contributed by atoms with Crippen molar-refractivity contribution in [2.45, 2.75) is 92.0 Å². The summed E-state index contributed by atoms with van der Waals surface area (Å²) in [6.45, 7) is 11.8. The van der Waals surface area contributed by atoms with E-state index < -0.39 is 5.78 Å². The van der Waals surface area contributed by atoms with Crippen molar-refractivity contribution in [1.29, 1.82) is 0 Å². The van der Waals surface area contributed by atoms with Crippen molar-refractivity contribution < 1.29 is 19.5 Å². The Kier molecular flexibility index (Phi) is 8.39. The topological polar surface area (TPSA) is 102 Å². The smallest absolute Gasteiger partial charge is 0.277 e. The summed E-state index contributed by atoms with van der Waals surface area (Å²) in [5.41, 5.74) is 2.71. The van der Waals surface area contributed by atoms with Crippen molar-refractivity contribution in [2.75, 3.05) is 23.3 Å². The van der Waals surface area contributed by atoms with Gasteiger partial charge in [0.05, 0.1) is 34.2 Å². The number of benzene rings is 1. The fourth-order valence-corrected chi connectivity index (χ4v) is 7.36. The molecular weight excluding hydrogens is 516 g/mol. The summed E-state index contributed by atoms with van der Waals surface area (Å²) in [5, 5.41) is 20.5. The van der Waals surface area contributed by atoms with Gasteiger partial charge in [-0.2, -0.15) is 5.10 Å². The van der Waals surface area contributed by atoms with Gasteiger partial charge in [-0.1, -0.05) is 33.1 Å². The lowest BCUT2D eigenvalue weighted by Crippen LogP contribution is -2.45. The molecule has 0 spiro atoms. The zero-order chi connectivity index (χ0) is 29.4. The maximum absolute atomic E-state index is 13.7. The van der Waals surface area contributed by atoms with Crippen molar-refractivity contribution in [1.82, 2.24) is 5.01 Å². The Morgan fingerprint density at radius 3 is 2.27 bits per heavy atom. The normalized spacial score (nSPS) is 26.9. The summed E-state index contributed by atoms with van der Waals surface area (Å²) < 4.78 is 0. The molecule has 1 aromatic carbocycles. The number of carbonyl (C=O) groups excluding carboxylic acids is 3. The predicted molar refractivity (Wildman–Crippen MR) is 163 cm³/mol. The first-order valence-corrected chi connectivity index (χ1v) is 15.5. The fourth-order valence-electron chi connectivity index (χ4n) is 7.36. The van der Waals surface area contributed by atoms with Gasteiger partial charge in [-0.3, -0.25) is 14.4 Å². The molecule has 41 heavy (non-hydrogen) atoms. The molecule has 0 bridgehead atoms. The van der Waals surface area contributed by atoms with E-state index in [9.17, 15) is 19.5 Å². The number of aliphatic hydroxyl groups is 1. The number of ketones is 1. The molecular formula is C33H44N4O4. The highest BCUT2D eigenvalue weighted by molar-refractivity contribution is 6.44. The molecule has 8 nitrogen and oxygen atoms in total. The largest absolute Gasteiger partial charge is 0.506 e. The minimum atomic E-state index is -0.395. The summed E-state index contributed by atoms with van der Waals surface area (Å²) in [5.74, 6) is -0.00742. The van der Waals surface area contributed by atoms with Crippen LogP contribution in [0.3, 0.4) is 0 Å². The van der Waals surface area contributed by atoms with E-state index in [1.165, 1.54) is 0 Å². The van der Waals surface area contributed by atoms with Crippen molar-refractivity contribution in [3.05, 3.63) is 40.7 Å². The van der Waals surface area contributed by atoms with Gasteiger partial charge in [0.2, 0.25) is 11.7 Å². The molecule has 1 heterocycles. The first kappa shape index (κ1) is 29.1. The number of hydrogen-bond donors (Lipinski definition) is 2. The lowest BCUT2D eigenvalue weighted by molar-refractivity contribution is -0.131. The van der Waals surface area contributed by atoms with Crippen LogP contribution in [0.5, 0.6) is 0 Å². The van der Waals surface area contributed by atoms with E-state index in [1.54, 1.807) is 18.0 Å². The maximum Gasteiger partial charge on any atom is 0.277 e. The second-order valence-electron chi connectivity index (χ2n) is 12.3. The van der Waals surface area contributed by atoms with Crippen LogP contribution in [0.4, 0.5) is 11.4 Å². The Hall–Kier alpha value is -3.42. The molecule has 1 aromatic rings. The summed E-state index contributed by atoms with van der Waals surface area (Å²) >= 11 is 0. The lowest BCUT2D eigenvalue weighted by atomic mass is 9.77. The van der Waals surface area contributed by atoms with Crippen molar-refractivity contribution in [3.8, 4) is 0 Å². The monoisotopic (exact) mass is 560 g/mol. The summed E-state index contributed by atoms with van der Waals surface area (Å²) in [6.07, 6.45) is 8.08. The van der Waals surface area contributed by atoms with Crippen LogP contribution in [0.15, 0.2) is 40.2 Å². The molecule has 8 heteroatoms. The molecule has 2 fully saturated rings. The number of hydrazone groups is 1. The zero-order valence-electron chi connectivity index (χ0n) is 25.1. The van der Waals surface area contributed by atoms with Crippen LogP contribution in [-0.4, -0.2) is 52.6 Å². The second kappa shape index (κ2) is 11.8. The number of Topliss-reactive ketones (excluding diaryl/α,β-unsaturated/α-hetero) is 1. The van der Waals surface area contributed by atoms with Crippen LogP contribution >= 0.6 is 0 Å². The predicted octanol–water partition coefficient (Wildman–Crippen LogP) is 6.24. The quantitative estimate of drug-likeness (QED) is 0.366. The van der Waals surface area contributed by atoms with Gasteiger partial charge in [-0.15, -0.1) is 0 Å². The van der Waals surface area contributed by atoms with Gasteiger partial charge in [0, 0.05) is 30.8 Å². The van der Waals surface area contributed by atoms with Gasteiger partial charge >= 0.3 is 0 Å². The van der Waals surface area contributed by atoms with Crippen molar-refractivity contribution >= 4 is 40.3 Å². The summed E-state index contributed by atoms with van der Waals surface area (Å²) in [6, 6.07) is 5.56. The molecule has 3 aliphatic carbocycles. The third-order valence-corrected chi connectivity index (χ3v) is 9.61. The van der Waals surface area contributed by atoms with Gasteiger partial charge in [0.25, 0.3) is 5.91 Å². The summed E-state index contributed by atoms with van der Waals surface area (Å²) in [4.78, 5) is 42.6. The molecule has 1 aliphatic heterocycles. The molecule has 0 aromatic heterocycles. The number of rotatable bonds is 8. The molecule has 0 saturated heterocycles. The van der Waals surface area contributed by atoms with Crippen LogP contribution in [0.1, 0.15) is 91.5 Å². The SMILES string of the molecule is CCN(CC)c1ccc(C2=C(O)/C(=C3/C(=O)N(C4C(C)CCCC4C)N=C3C)C2=O)c(NC(=O)CC2CCCC2)c1. The molecule has 0 radical (unpaired) electrons. The Bertz CT molecular complexity index is 1320. The molecule has 2 saturated carbocycles. The zero-order valence-corrected chi connectivity index (χ0v) is 25.1. The number of carbonyl (C=O) groups is 3. The van der Waals surface area contributed by atoms with Crippen molar-refractivity contribution in [3.63, 3.8) is 0 Å². The minimum absolute atomic E-state index is 0.0284. The Balaban J connectivity index is 1.49. The van der Waals surface area contributed by atoms with Gasteiger partial charge in [0.15, 0.2) is 0 Å². The molecule has 4 aliphatic rings. The van der Waals surface area contributed by atoms with E-state index in [-0.39, 0.29) is 40.3 Å². The standard InChI is InChI=1S/C33H44N4O4/c1-6-36(7-2)23-15-16-24(25(18-23)34-26(38)17-22-13-8-9-14-22)28-31(39)29(32(28)40)27-21(5)35-37(33(27)41)30-19(3)11-10-12-20(30)4/h15-16,18-20,22,30,39H,6-14,17H2,1-5H3,(H,34,38)/b29-27-. The third kappa shape index (κ3) is 5.33. The Labute approximate surface area is 243 Å². The Morgan fingerprint density at radius 2 is 1.66 bits per heavy atom. The number of nitrogens with zero attached hydrogens (tertiary/aromatic N) is 3. The summed E-state index contributed by atoms with van der Waals surface area (Å²) in [7, 11) is 0. The molecule has 2 unspecified atom stereocenters. The highest BCUT2D eigenvalue weighted by Gasteiger charge is 2.46. The van der Waals surface area contributed by atoms with E-state index in [1.807, 2.05) is 12.1 Å².